The predicted molar refractivity (Wildman–Crippen MR) is 124 cm³/mol. The van der Waals surface area contributed by atoms with Crippen LogP contribution < -0.4 is 10.1 Å². The third-order valence-electron chi connectivity index (χ3n) is 4.30. The van der Waals surface area contributed by atoms with E-state index in [0.717, 1.165) is 0 Å². The van der Waals surface area contributed by atoms with Gasteiger partial charge in [-0.3, -0.25) is 14.5 Å². The Bertz CT molecular complexity index is 1020. The van der Waals surface area contributed by atoms with E-state index in [1.165, 1.54) is 18.9 Å². The molecule has 0 aromatic heterocycles. The molecule has 10 heteroatoms. The number of benzene rings is 2. The van der Waals surface area contributed by atoms with Crippen molar-refractivity contribution >= 4 is 74.9 Å². The predicted octanol–water partition coefficient (Wildman–Crippen LogP) is 5.64. The van der Waals surface area contributed by atoms with E-state index < -0.39 is 5.25 Å². The number of carbonyl (C=O) groups excluding carboxylic acids is 2. The summed E-state index contributed by atoms with van der Waals surface area (Å²) in [5, 5.41) is 3.70. The van der Waals surface area contributed by atoms with Crippen LogP contribution in [0.1, 0.15) is 13.3 Å². The van der Waals surface area contributed by atoms with Crippen LogP contribution in [-0.2, 0) is 9.59 Å². The van der Waals surface area contributed by atoms with Gasteiger partial charge in [0.1, 0.15) is 11.0 Å². The lowest BCUT2D eigenvalue weighted by molar-refractivity contribution is -0.129. The number of hydrogen-bond acceptors (Lipinski definition) is 5. The van der Waals surface area contributed by atoms with E-state index in [-0.39, 0.29) is 18.2 Å². The minimum absolute atomic E-state index is 0.0635. The summed E-state index contributed by atoms with van der Waals surface area (Å²) in [7, 11) is 1.53. The number of halogens is 3. The summed E-state index contributed by atoms with van der Waals surface area (Å²) in [4.78, 5) is 31.5. The molecule has 1 saturated heterocycles. The number of amidine groups is 1. The molecule has 30 heavy (non-hydrogen) atoms. The normalized spacial score (nSPS) is 17.9. The largest absolute Gasteiger partial charge is 0.495 e. The van der Waals surface area contributed by atoms with E-state index in [4.69, 9.17) is 39.5 Å². The smallest absolute Gasteiger partial charge is 0.238 e. The maximum Gasteiger partial charge on any atom is 0.238 e. The molecular formula is C20H18Cl3N3O3S. The number of thioether (sulfide) groups is 1. The number of hydrogen-bond donors (Lipinski definition) is 1. The van der Waals surface area contributed by atoms with Crippen LogP contribution in [0.25, 0.3) is 0 Å². The molecule has 1 N–H and O–H groups in total. The molecule has 0 saturated carbocycles. The van der Waals surface area contributed by atoms with Crippen LogP contribution in [0.15, 0.2) is 41.4 Å². The van der Waals surface area contributed by atoms with Gasteiger partial charge >= 0.3 is 0 Å². The van der Waals surface area contributed by atoms with Crippen LogP contribution in [0, 0.1) is 0 Å². The molecule has 2 aromatic carbocycles. The average Bonchev–Trinajstić information content (AvgIpc) is 2.70. The Hall–Kier alpha value is -1.93. The lowest BCUT2D eigenvalue weighted by atomic mass is 10.2. The van der Waals surface area contributed by atoms with Gasteiger partial charge in [0.05, 0.1) is 27.9 Å². The van der Waals surface area contributed by atoms with Crippen LogP contribution in [0.2, 0.25) is 15.1 Å². The van der Waals surface area contributed by atoms with Gasteiger partial charge in [0, 0.05) is 18.7 Å². The minimum atomic E-state index is -0.637. The highest BCUT2D eigenvalue weighted by Crippen LogP contribution is 2.33. The van der Waals surface area contributed by atoms with Crippen molar-refractivity contribution in [3.8, 4) is 5.75 Å². The SMILES string of the molecule is CCN1C(=O)CC(C(=O)Nc2ccc(Cl)c(Cl)c2)SC1=Nc1ccc(OC)c(Cl)c1. The van der Waals surface area contributed by atoms with Crippen LogP contribution in [0.3, 0.4) is 0 Å². The zero-order chi connectivity index (χ0) is 21.8. The molecule has 1 atom stereocenters. The first-order valence-corrected chi connectivity index (χ1v) is 11.0. The van der Waals surface area contributed by atoms with E-state index >= 15 is 0 Å². The fourth-order valence-electron chi connectivity index (χ4n) is 2.78. The number of aliphatic imine (C=N–C) groups is 1. The zero-order valence-corrected chi connectivity index (χ0v) is 19.2. The summed E-state index contributed by atoms with van der Waals surface area (Å²) < 4.78 is 5.15. The molecule has 0 radical (unpaired) electrons. The lowest BCUT2D eigenvalue weighted by Crippen LogP contribution is -2.45. The van der Waals surface area contributed by atoms with Crippen molar-refractivity contribution in [3.63, 3.8) is 0 Å². The fraction of sp³-hybridized carbons (Fsp3) is 0.250. The van der Waals surface area contributed by atoms with Crippen LogP contribution in [0.4, 0.5) is 11.4 Å². The van der Waals surface area contributed by atoms with Crippen molar-refractivity contribution in [2.75, 3.05) is 19.0 Å². The maximum absolute atomic E-state index is 12.8. The van der Waals surface area contributed by atoms with Crippen LogP contribution in [-0.4, -0.2) is 40.8 Å². The Morgan fingerprint density at radius 3 is 2.60 bits per heavy atom. The summed E-state index contributed by atoms with van der Waals surface area (Å²) in [6.07, 6.45) is 0.0635. The number of carbonyl (C=O) groups is 2. The van der Waals surface area contributed by atoms with Crippen molar-refractivity contribution in [3.05, 3.63) is 51.5 Å². The molecule has 1 aliphatic rings. The summed E-state index contributed by atoms with van der Waals surface area (Å²) in [6.45, 7) is 2.29. The summed E-state index contributed by atoms with van der Waals surface area (Å²) in [5.41, 5.74) is 1.06. The lowest BCUT2D eigenvalue weighted by Gasteiger charge is -2.31. The maximum atomic E-state index is 12.8. The Labute approximate surface area is 193 Å². The highest BCUT2D eigenvalue weighted by Gasteiger charge is 2.35. The number of amides is 2. The van der Waals surface area contributed by atoms with Gasteiger partial charge in [-0.2, -0.15) is 0 Å². The van der Waals surface area contributed by atoms with Crippen molar-refractivity contribution in [1.82, 2.24) is 4.90 Å². The van der Waals surface area contributed by atoms with Gasteiger partial charge in [0.2, 0.25) is 11.8 Å². The second-order valence-electron chi connectivity index (χ2n) is 6.28. The molecule has 1 heterocycles. The first-order chi connectivity index (χ1) is 14.3. The van der Waals surface area contributed by atoms with Crippen molar-refractivity contribution in [2.45, 2.75) is 18.6 Å². The second kappa shape index (κ2) is 9.92. The molecule has 6 nitrogen and oxygen atoms in total. The first kappa shape index (κ1) is 22.7. The third-order valence-corrected chi connectivity index (χ3v) is 6.52. The van der Waals surface area contributed by atoms with E-state index in [1.54, 1.807) is 41.3 Å². The zero-order valence-electron chi connectivity index (χ0n) is 16.1. The fourth-order valence-corrected chi connectivity index (χ4v) is 4.50. The molecule has 0 bridgehead atoms. The molecule has 3 rings (SSSR count). The molecular weight excluding hydrogens is 469 g/mol. The molecule has 0 spiro atoms. The summed E-state index contributed by atoms with van der Waals surface area (Å²) in [6, 6.07) is 9.87. The standard InChI is InChI=1S/C20H18Cl3N3O3S/c1-3-26-18(27)10-17(19(28)24-11-4-6-13(21)14(22)8-11)30-20(26)25-12-5-7-16(29-2)15(23)9-12/h4-9,17H,3,10H2,1-2H3,(H,24,28). The monoisotopic (exact) mass is 485 g/mol. The number of ether oxygens (including phenoxy) is 1. The number of anilines is 1. The topological polar surface area (TPSA) is 71.0 Å². The van der Waals surface area contributed by atoms with E-state index in [1.807, 2.05) is 6.92 Å². The van der Waals surface area contributed by atoms with E-state index in [9.17, 15) is 9.59 Å². The Kier molecular flexibility index (Phi) is 7.52. The van der Waals surface area contributed by atoms with Gasteiger partial charge in [0.25, 0.3) is 0 Å². The molecule has 1 fully saturated rings. The Morgan fingerprint density at radius 2 is 1.97 bits per heavy atom. The van der Waals surface area contributed by atoms with E-state index in [0.29, 0.717) is 43.9 Å². The van der Waals surface area contributed by atoms with Gasteiger partial charge in [-0.05, 0) is 43.3 Å². The Balaban J connectivity index is 1.82. The number of rotatable bonds is 5. The van der Waals surface area contributed by atoms with Crippen LogP contribution in [0.5, 0.6) is 5.75 Å². The second-order valence-corrected chi connectivity index (χ2v) is 8.67. The number of nitrogens with zero attached hydrogens (tertiary/aromatic N) is 2. The van der Waals surface area contributed by atoms with Gasteiger partial charge in [-0.1, -0.05) is 46.6 Å². The molecule has 2 aromatic rings. The van der Waals surface area contributed by atoms with Gasteiger partial charge in [-0.25, -0.2) is 4.99 Å². The summed E-state index contributed by atoms with van der Waals surface area (Å²) in [5.74, 6) is 0.0334. The third kappa shape index (κ3) is 5.21. The highest BCUT2D eigenvalue weighted by molar-refractivity contribution is 8.15. The molecule has 1 aliphatic heterocycles. The highest BCUT2D eigenvalue weighted by atomic mass is 35.5. The van der Waals surface area contributed by atoms with Gasteiger partial charge < -0.3 is 10.1 Å². The van der Waals surface area contributed by atoms with Gasteiger partial charge in [0.15, 0.2) is 5.17 Å². The van der Waals surface area contributed by atoms with Crippen molar-refractivity contribution in [2.24, 2.45) is 4.99 Å². The van der Waals surface area contributed by atoms with Gasteiger partial charge in [-0.15, -0.1) is 0 Å². The Morgan fingerprint density at radius 1 is 1.20 bits per heavy atom. The average molecular weight is 487 g/mol. The number of methoxy groups -OCH3 is 1. The first-order valence-electron chi connectivity index (χ1n) is 8.97. The quantitative estimate of drug-likeness (QED) is 0.594. The molecule has 158 valence electrons. The molecule has 1 unspecified atom stereocenters. The molecule has 2 amide bonds. The van der Waals surface area contributed by atoms with Crippen LogP contribution >= 0.6 is 46.6 Å². The van der Waals surface area contributed by atoms with E-state index in [2.05, 4.69) is 10.3 Å². The number of nitrogens with one attached hydrogen (secondary N) is 1. The minimum Gasteiger partial charge on any atom is -0.495 e. The van der Waals surface area contributed by atoms with Crippen molar-refractivity contribution in [1.29, 1.82) is 0 Å². The summed E-state index contributed by atoms with van der Waals surface area (Å²) >= 11 is 19.3. The van der Waals surface area contributed by atoms with Crippen molar-refractivity contribution < 1.29 is 14.3 Å². The molecule has 0 aliphatic carbocycles.